The standard InChI is InChI=1S/C17H21FN2O5/c1-24-14-3-2-10(8-13(14)18)16(11-6-12(21)7-11)19-15(22)9-20-4-5-25-17(20)23/h2-3,8,11-12,16,21H,4-7,9H2,1H3,(H,19,22)/t11?,12?,16-/m1/s1. The monoisotopic (exact) mass is 352 g/mol. The van der Waals surface area contributed by atoms with E-state index in [4.69, 9.17) is 9.47 Å². The van der Waals surface area contributed by atoms with Crippen molar-refractivity contribution in [3.8, 4) is 5.75 Å². The number of methoxy groups -OCH3 is 1. The summed E-state index contributed by atoms with van der Waals surface area (Å²) in [6.45, 7) is 0.535. The Morgan fingerprint density at radius 1 is 1.52 bits per heavy atom. The van der Waals surface area contributed by atoms with Crippen molar-refractivity contribution in [1.82, 2.24) is 10.2 Å². The molecule has 1 aliphatic carbocycles. The van der Waals surface area contributed by atoms with Gasteiger partial charge in [0, 0.05) is 0 Å². The summed E-state index contributed by atoms with van der Waals surface area (Å²) in [5, 5.41) is 12.4. The average molecular weight is 352 g/mol. The van der Waals surface area contributed by atoms with Gasteiger partial charge < -0.3 is 19.9 Å². The highest BCUT2D eigenvalue weighted by Crippen LogP contribution is 2.38. The van der Waals surface area contributed by atoms with Crippen LogP contribution in [0.5, 0.6) is 5.75 Å². The zero-order chi connectivity index (χ0) is 18.0. The van der Waals surface area contributed by atoms with E-state index in [2.05, 4.69) is 5.32 Å². The van der Waals surface area contributed by atoms with Crippen LogP contribution in [0.3, 0.4) is 0 Å². The number of rotatable bonds is 6. The number of amides is 2. The first-order valence-electron chi connectivity index (χ1n) is 8.20. The number of hydrogen-bond donors (Lipinski definition) is 2. The van der Waals surface area contributed by atoms with Crippen molar-refractivity contribution >= 4 is 12.0 Å². The van der Waals surface area contributed by atoms with Crippen LogP contribution in [0, 0.1) is 11.7 Å². The number of halogens is 1. The highest BCUT2D eigenvalue weighted by molar-refractivity contribution is 5.83. The normalized spacial score (nSPS) is 23.6. The van der Waals surface area contributed by atoms with E-state index >= 15 is 0 Å². The molecule has 1 saturated heterocycles. The molecule has 2 fully saturated rings. The van der Waals surface area contributed by atoms with Gasteiger partial charge in [-0.2, -0.15) is 0 Å². The number of nitrogens with zero attached hydrogens (tertiary/aromatic N) is 1. The molecule has 136 valence electrons. The lowest BCUT2D eigenvalue weighted by Gasteiger charge is -2.38. The lowest BCUT2D eigenvalue weighted by Crippen LogP contribution is -2.45. The smallest absolute Gasteiger partial charge is 0.410 e. The van der Waals surface area contributed by atoms with E-state index < -0.39 is 24.1 Å². The number of carbonyl (C=O) groups excluding carboxylic acids is 2. The van der Waals surface area contributed by atoms with Gasteiger partial charge in [0.25, 0.3) is 0 Å². The molecule has 1 aromatic rings. The Morgan fingerprint density at radius 2 is 2.28 bits per heavy atom. The van der Waals surface area contributed by atoms with E-state index in [1.807, 2.05) is 0 Å². The van der Waals surface area contributed by atoms with Gasteiger partial charge in [0.15, 0.2) is 11.6 Å². The van der Waals surface area contributed by atoms with Gasteiger partial charge in [-0.3, -0.25) is 9.69 Å². The summed E-state index contributed by atoms with van der Waals surface area (Å²) in [6, 6.07) is 4.10. The molecule has 0 radical (unpaired) electrons. The molecule has 2 amide bonds. The first-order chi connectivity index (χ1) is 12.0. The predicted octanol–water partition coefficient (Wildman–Crippen LogP) is 1.21. The molecule has 0 bridgehead atoms. The van der Waals surface area contributed by atoms with Crippen molar-refractivity contribution in [2.45, 2.75) is 25.0 Å². The third-order valence-electron chi connectivity index (χ3n) is 4.65. The maximum Gasteiger partial charge on any atom is 0.410 e. The van der Waals surface area contributed by atoms with Gasteiger partial charge in [0.05, 0.1) is 25.8 Å². The Balaban J connectivity index is 1.72. The third kappa shape index (κ3) is 3.84. The maximum atomic E-state index is 14.0. The average Bonchev–Trinajstić information content (AvgIpc) is 2.95. The fourth-order valence-electron chi connectivity index (χ4n) is 3.21. The minimum absolute atomic E-state index is 0.0114. The number of aliphatic hydroxyl groups excluding tert-OH is 1. The fourth-order valence-corrected chi connectivity index (χ4v) is 3.21. The maximum absolute atomic E-state index is 14.0. The molecule has 7 nitrogen and oxygen atoms in total. The van der Waals surface area contributed by atoms with E-state index in [1.54, 1.807) is 6.07 Å². The van der Waals surface area contributed by atoms with Crippen LogP contribution >= 0.6 is 0 Å². The molecule has 1 saturated carbocycles. The molecule has 1 atom stereocenters. The molecule has 8 heteroatoms. The summed E-state index contributed by atoms with van der Waals surface area (Å²) in [5.41, 5.74) is 0.604. The summed E-state index contributed by atoms with van der Waals surface area (Å²) in [7, 11) is 1.38. The second-order valence-corrected chi connectivity index (χ2v) is 6.36. The zero-order valence-electron chi connectivity index (χ0n) is 13.9. The number of hydrogen-bond acceptors (Lipinski definition) is 5. The van der Waals surface area contributed by atoms with E-state index in [0.29, 0.717) is 24.9 Å². The van der Waals surface area contributed by atoms with Gasteiger partial charge in [-0.15, -0.1) is 0 Å². The van der Waals surface area contributed by atoms with Crippen LogP contribution in [-0.2, 0) is 9.53 Å². The zero-order valence-corrected chi connectivity index (χ0v) is 13.9. The first kappa shape index (κ1) is 17.5. The fraction of sp³-hybridized carbons (Fsp3) is 0.529. The molecular formula is C17H21FN2O5. The Labute approximate surface area is 144 Å². The van der Waals surface area contributed by atoms with E-state index in [9.17, 15) is 19.1 Å². The third-order valence-corrected chi connectivity index (χ3v) is 4.65. The molecule has 1 aliphatic heterocycles. The summed E-state index contributed by atoms with van der Waals surface area (Å²) < 4.78 is 23.8. The summed E-state index contributed by atoms with van der Waals surface area (Å²) in [4.78, 5) is 25.1. The summed E-state index contributed by atoms with van der Waals surface area (Å²) >= 11 is 0. The van der Waals surface area contributed by atoms with Crippen molar-refractivity contribution < 1.29 is 28.6 Å². The van der Waals surface area contributed by atoms with Gasteiger partial charge in [0.1, 0.15) is 13.2 Å². The van der Waals surface area contributed by atoms with Crippen molar-refractivity contribution in [3.63, 3.8) is 0 Å². The van der Waals surface area contributed by atoms with E-state index in [-0.39, 0.29) is 30.7 Å². The van der Waals surface area contributed by atoms with Gasteiger partial charge in [-0.1, -0.05) is 6.07 Å². The van der Waals surface area contributed by atoms with Gasteiger partial charge in [-0.05, 0) is 36.5 Å². The van der Waals surface area contributed by atoms with Crippen LogP contribution in [0.15, 0.2) is 18.2 Å². The van der Waals surface area contributed by atoms with Gasteiger partial charge in [-0.25, -0.2) is 9.18 Å². The molecule has 0 spiro atoms. The number of nitrogens with one attached hydrogen (secondary N) is 1. The van der Waals surface area contributed by atoms with E-state index in [0.717, 1.165) is 0 Å². The summed E-state index contributed by atoms with van der Waals surface area (Å²) in [5.74, 6) is -0.719. The molecular weight excluding hydrogens is 331 g/mol. The minimum atomic E-state index is -0.513. The van der Waals surface area contributed by atoms with Gasteiger partial charge in [0.2, 0.25) is 5.91 Å². The van der Waals surface area contributed by atoms with Crippen LogP contribution < -0.4 is 10.1 Å². The van der Waals surface area contributed by atoms with Crippen molar-refractivity contribution in [1.29, 1.82) is 0 Å². The van der Waals surface area contributed by atoms with E-state index in [1.165, 1.54) is 24.1 Å². The number of ether oxygens (including phenoxy) is 2. The van der Waals surface area contributed by atoms with Crippen molar-refractivity contribution in [2.75, 3.05) is 26.8 Å². The summed E-state index contributed by atoms with van der Waals surface area (Å²) in [6.07, 6.45) is 0.150. The first-order valence-corrected chi connectivity index (χ1v) is 8.20. The SMILES string of the molecule is COc1ccc([C@@H](NC(=O)CN2CCOC2=O)C2CC(O)C2)cc1F. The molecule has 0 unspecified atom stereocenters. The van der Waals surface area contributed by atoms with Crippen LogP contribution in [0.1, 0.15) is 24.4 Å². The van der Waals surface area contributed by atoms with Gasteiger partial charge >= 0.3 is 6.09 Å². The van der Waals surface area contributed by atoms with Crippen molar-refractivity contribution in [2.24, 2.45) is 5.92 Å². The second-order valence-electron chi connectivity index (χ2n) is 6.36. The molecule has 1 heterocycles. The van der Waals surface area contributed by atoms with Crippen LogP contribution in [-0.4, -0.2) is 54.9 Å². The van der Waals surface area contributed by atoms with Crippen molar-refractivity contribution in [3.05, 3.63) is 29.6 Å². The quantitative estimate of drug-likeness (QED) is 0.804. The Bertz CT molecular complexity index is 662. The second kappa shape index (κ2) is 7.26. The number of carbonyl (C=O) groups is 2. The topological polar surface area (TPSA) is 88.1 Å². The largest absolute Gasteiger partial charge is 0.494 e. The number of cyclic esters (lactones) is 1. The number of benzene rings is 1. The number of aliphatic hydroxyl groups is 1. The molecule has 2 aliphatic rings. The van der Waals surface area contributed by atoms with Crippen LogP contribution in [0.25, 0.3) is 0 Å². The van der Waals surface area contributed by atoms with Crippen LogP contribution in [0.2, 0.25) is 0 Å². The Morgan fingerprint density at radius 3 is 2.84 bits per heavy atom. The molecule has 0 aromatic heterocycles. The molecule has 2 N–H and O–H groups in total. The predicted molar refractivity (Wildman–Crippen MR) is 85.5 cm³/mol. The Hall–Kier alpha value is -2.35. The molecule has 3 rings (SSSR count). The molecule has 1 aromatic carbocycles. The van der Waals surface area contributed by atoms with Crippen LogP contribution in [0.4, 0.5) is 9.18 Å². The lowest BCUT2D eigenvalue weighted by molar-refractivity contribution is -0.123. The Kier molecular flexibility index (Phi) is 5.08. The lowest BCUT2D eigenvalue weighted by atomic mass is 9.75. The molecule has 25 heavy (non-hydrogen) atoms. The highest BCUT2D eigenvalue weighted by Gasteiger charge is 2.36. The highest BCUT2D eigenvalue weighted by atomic mass is 19.1. The minimum Gasteiger partial charge on any atom is -0.494 e.